The van der Waals surface area contributed by atoms with Gasteiger partial charge in [0, 0.05) is 31.0 Å². The van der Waals surface area contributed by atoms with E-state index in [0.717, 1.165) is 0 Å². The predicted octanol–water partition coefficient (Wildman–Crippen LogP) is 0.667. The number of carbonyl (C=O) groups is 3. The maximum atomic E-state index is 12.6. The number of carbonyl (C=O) groups excluding carboxylic acids is 3. The van der Waals surface area contributed by atoms with Gasteiger partial charge in [0.05, 0.1) is 12.0 Å². The van der Waals surface area contributed by atoms with E-state index < -0.39 is 28.8 Å². The first kappa shape index (κ1) is 22.9. The molecular formula is C18H26N4O6. The Balaban J connectivity index is 3.06. The van der Waals surface area contributed by atoms with E-state index in [2.05, 4.69) is 10.6 Å². The Bertz CT molecular complexity index is 750. The zero-order valence-electron chi connectivity index (χ0n) is 16.4. The van der Waals surface area contributed by atoms with E-state index in [-0.39, 0.29) is 23.9 Å². The molecule has 0 aliphatic carbocycles. The molecule has 0 unspecified atom stereocenters. The normalized spacial score (nSPS) is 12.8. The molecule has 154 valence electrons. The zero-order chi connectivity index (χ0) is 21.4. The summed E-state index contributed by atoms with van der Waals surface area (Å²) in [6.45, 7) is 5.07. The summed E-state index contributed by atoms with van der Waals surface area (Å²) in [5, 5.41) is 16.1. The van der Waals surface area contributed by atoms with Crippen molar-refractivity contribution in [2.75, 3.05) is 7.11 Å². The highest BCUT2D eigenvalue weighted by atomic mass is 16.6. The van der Waals surface area contributed by atoms with Crippen LogP contribution < -0.4 is 21.1 Å². The van der Waals surface area contributed by atoms with Gasteiger partial charge < -0.3 is 21.1 Å². The lowest BCUT2D eigenvalue weighted by atomic mass is 10.0. The van der Waals surface area contributed by atoms with Gasteiger partial charge in [0.15, 0.2) is 0 Å². The third-order valence-electron chi connectivity index (χ3n) is 3.96. The predicted molar refractivity (Wildman–Crippen MR) is 102 cm³/mol. The minimum atomic E-state index is -1.13. The molecule has 0 fully saturated rings. The van der Waals surface area contributed by atoms with Gasteiger partial charge in [-0.3, -0.25) is 24.5 Å². The van der Waals surface area contributed by atoms with E-state index in [1.54, 1.807) is 0 Å². The summed E-state index contributed by atoms with van der Waals surface area (Å²) in [4.78, 5) is 46.3. The Labute approximate surface area is 163 Å². The van der Waals surface area contributed by atoms with Gasteiger partial charge in [-0.1, -0.05) is 13.8 Å². The van der Waals surface area contributed by atoms with E-state index in [1.807, 2.05) is 13.8 Å². The largest absolute Gasteiger partial charge is 0.496 e. The summed E-state index contributed by atoms with van der Waals surface area (Å²) < 4.78 is 5.17. The van der Waals surface area contributed by atoms with Crippen molar-refractivity contribution in [3.8, 4) is 5.75 Å². The number of nitro benzene ring substituents is 1. The molecule has 0 heterocycles. The van der Waals surface area contributed by atoms with E-state index in [1.165, 1.54) is 32.2 Å². The fourth-order valence-corrected chi connectivity index (χ4v) is 2.70. The number of rotatable bonds is 10. The molecule has 0 aliphatic heterocycles. The molecule has 4 N–H and O–H groups in total. The average molecular weight is 394 g/mol. The smallest absolute Gasteiger partial charge is 0.269 e. The number of methoxy groups -OCH3 is 1. The van der Waals surface area contributed by atoms with Crippen LogP contribution in [-0.2, 0) is 20.8 Å². The molecule has 10 nitrogen and oxygen atoms in total. The Morgan fingerprint density at radius 2 is 1.86 bits per heavy atom. The number of nitrogens with zero attached hydrogens (tertiary/aromatic N) is 1. The molecule has 3 amide bonds. The second-order valence-electron chi connectivity index (χ2n) is 6.80. The van der Waals surface area contributed by atoms with Crippen LogP contribution in [0.1, 0.15) is 32.8 Å². The average Bonchev–Trinajstić information content (AvgIpc) is 2.59. The maximum absolute atomic E-state index is 12.6. The molecule has 0 saturated carbocycles. The standard InChI is InChI=1S/C18H26N4O6/c1-10(2)7-15(20-11(3)23)18(25)21-14(17(19)24)9-12-8-13(22(26)27)5-6-16(12)28-4/h5-6,8,10,14-15H,7,9H2,1-4H3,(H2,19,24)(H,20,23)(H,21,25)/t14-,15-/m0/s1. The molecule has 0 aromatic heterocycles. The minimum absolute atomic E-state index is 0.0968. The molecule has 1 aromatic rings. The van der Waals surface area contributed by atoms with Crippen LogP contribution in [0.3, 0.4) is 0 Å². The molecule has 0 radical (unpaired) electrons. The van der Waals surface area contributed by atoms with E-state index in [9.17, 15) is 24.5 Å². The topological polar surface area (TPSA) is 154 Å². The SMILES string of the molecule is COc1ccc([N+](=O)[O-])cc1C[C@H](NC(=O)[C@H](CC(C)C)NC(C)=O)C(N)=O. The molecule has 0 spiro atoms. The van der Waals surface area contributed by atoms with Crippen LogP contribution in [0.5, 0.6) is 5.75 Å². The lowest BCUT2D eigenvalue weighted by Crippen LogP contribution is -2.53. The van der Waals surface area contributed by atoms with Crippen LogP contribution in [0, 0.1) is 16.0 Å². The molecule has 1 aromatic carbocycles. The molecular weight excluding hydrogens is 368 g/mol. The van der Waals surface area contributed by atoms with Crippen LogP contribution in [0.4, 0.5) is 5.69 Å². The number of nitro groups is 1. The van der Waals surface area contributed by atoms with Gasteiger partial charge in [-0.15, -0.1) is 0 Å². The summed E-state index contributed by atoms with van der Waals surface area (Å²) in [5.74, 6) is -1.31. The highest BCUT2D eigenvalue weighted by Crippen LogP contribution is 2.25. The number of primary amides is 1. The number of hydrogen-bond acceptors (Lipinski definition) is 6. The number of amides is 3. The van der Waals surface area contributed by atoms with Crippen LogP contribution in [-0.4, -0.2) is 41.8 Å². The lowest BCUT2D eigenvalue weighted by Gasteiger charge is -2.23. The van der Waals surface area contributed by atoms with Gasteiger partial charge in [-0.05, 0) is 18.4 Å². The van der Waals surface area contributed by atoms with E-state index >= 15 is 0 Å². The summed E-state index contributed by atoms with van der Waals surface area (Å²) in [5.41, 5.74) is 5.58. The summed E-state index contributed by atoms with van der Waals surface area (Å²) in [6, 6.07) is 1.99. The molecule has 0 saturated heterocycles. The molecule has 0 aliphatic rings. The van der Waals surface area contributed by atoms with Crippen molar-refractivity contribution in [3.05, 3.63) is 33.9 Å². The van der Waals surface area contributed by atoms with Crippen molar-refractivity contribution in [2.45, 2.75) is 45.7 Å². The minimum Gasteiger partial charge on any atom is -0.496 e. The van der Waals surface area contributed by atoms with Crippen molar-refractivity contribution >= 4 is 23.4 Å². The summed E-state index contributed by atoms with van der Waals surface area (Å²) in [7, 11) is 1.39. The van der Waals surface area contributed by atoms with Gasteiger partial charge in [-0.2, -0.15) is 0 Å². The van der Waals surface area contributed by atoms with Crippen molar-refractivity contribution in [3.63, 3.8) is 0 Å². The highest BCUT2D eigenvalue weighted by Gasteiger charge is 2.27. The first-order chi connectivity index (χ1) is 13.0. The Hall–Kier alpha value is -3.17. The molecule has 2 atom stereocenters. The fourth-order valence-electron chi connectivity index (χ4n) is 2.70. The van der Waals surface area contributed by atoms with Gasteiger partial charge in [-0.25, -0.2) is 0 Å². The number of non-ortho nitro benzene ring substituents is 1. The summed E-state index contributed by atoms with van der Waals surface area (Å²) in [6.07, 6.45) is 0.275. The Morgan fingerprint density at radius 1 is 1.21 bits per heavy atom. The van der Waals surface area contributed by atoms with E-state index in [4.69, 9.17) is 10.5 Å². The number of nitrogens with two attached hydrogens (primary N) is 1. The number of hydrogen-bond donors (Lipinski definition) is 3. The second-order valence-corrected chi connectivity index (χ2v) is 6.80. The number of ether oxygens (including phenoxy) is 1. The fraction of sp³-hybridized carbons (Fsp3) is 0.500. The Kier molecular flexibility index (Phi) is 8.36. The van der Waals surface area contributed by atoms with E-state index in [0.29, 0.717) is 17.7 Å². The maximum Gasteiger partial charge on any atom is 0.269 e. The number of benzene rings is 1. The van der Waals surface area contributed by atoms with Gasteiger partial charge in [0.2, 0.25) is 17.7 Å². The third kappa shape index (κ3) is 6.86. The lowest BCUT2D eigenvalue weighted by molar-refractivity contribution is -0.384. The Morgan fingerprint density at radius 3 is 2.32 bits per heavy atom. The van der Waals surface area contributed by atoms with Crippen LogP contribution in [0.2, 0.25) is 0 Å². The quantitative estimate of drug-likeness (QED) is 0.391. The first-order valence-corrected chi connectivity index (χ1v) is 8.73. The van der Waals surface area contributed by atoms with Crippen molar-refractivity contribution in [2.24, 2.45) is 11.7 Å². The number of nitrogens with one attached hydrogen (secondary N) is 2. The van der Waals surface area contributed by atoms with Crippen molar-refractivity contribution in [1.29, 1.82) is 0 Å². The van der Waals surface area contributed by atoms with Crippen molar-refractivity contribution in [1.82, 2.24) is 10.6 Å². The zero-order valence-corrected chi connectivity index (χ0v) is 16.4. The highest BCUT2D eigenvalue weighted by molar-refractivity contribution is 5.91. The van der Waals surface area contributed by atoms with Crippen molar-refractivity contribution < 1.29 is 24.0 Å². The monoisotopic (exact) mass is 394 g/mol. The molecule has 1 rings (SSSR count). The molecule has 0 bridgehead atoms. The third-order valence-corrected chi connectivity index (χ3v) is 3.96. The van der Waals surface area contributed by atoms with Crippen LogP contribution in [0.15, 0.2) is 18.2 Å². The first-order valence-electron chi connectivity index (χ1n) is 8.73. The van der Waals surface area contributed by atoms with Gasteiger partial charge >= 0.3 is 0 Å². The second kappa shape index (κ2) is 10.2. The van der Waals surface area contributed by atoms with Crippen LogP contribution >= 0.6 is 0 Å². The van der Waals surface area contributed by atoms with Crippen LogP contribution in [0.25, 0.3) is 0 Å². The summed E-state index contributed by atoms with van der Waals surface area (Å²) >= 11 is 0. The van der Waals surface area contributed by atoms with Gasteiger partial charge in [0.25, 0.3) is 5.69 Å². The molecule has 28 heavy (non-hydrogen) atoms. The molecule has 10 heteroatoms. The van der Waals surface area contributed by atoms with Gasteiger partial charge in [0.1, 0.15) is 17.8 Å².